The molecular formula is C14H19N3S. The van der Waals surface area contributed by atoms with Crippen LogP contribution in [0.4, 0.5) is 0 Å². The van der Waals surface area contributed by atoms with Gasteiger partial charge in [0.1, 0.15) is 10.0 Å². The van der Waals surface area contributed by atoms with Gasteiger partial charge in [0.15, 0.2) is 0 Å². The van der Waals surface area contributed by atoms with Crippen molar-refractivity contribution in [2.45, 2.75) is 26.2 Å². The van der Waals surface area contributed by atoms with E-state index < -0.39 is 0 Å². The minimum Gasteiger partial charge on any atom is -0.320 e. The van der Waals surface area contributed by atoms with Gasteiger partial charge in [-0.2, -0.15) is 0 Å². The van der Waals surface area contributed by atoms with Crippen molar-refractivity contribution in [1.29, 1.82) is 0 Å². The molecule has 0 fully saturated rings. The van der Waals surface area contributed by atoms with E-state index in [1.54, 1.807) is 11.3 Å². The molecular weight excluding hydrogens is 242 g/mol. The SMILES string of the molecule is CCc1ccccc1-c1nnc(CCCNC)s1. The highest BCUT2D eigenvalue weighted by molar-refractivity contribution is 7.14. The second-order valence-electron chi connectivity index (χ2n) is 4.22. The van der Waals surface area contributed by atoms with E-state index >= 15 is 0 Å². The van der Waals surface area contributed by atoms with Gasteiger partial charge < -0.3 is 5.32 Å². The molecule has 0 unspecified atom stereocenters. The molecule has 2 rings (SSSR count). The number of nitrogens with zero attached hydrogens (tertiary/aromatic N) is 2. The van der Waals surface area contributed by atoms with Crippen LogP contribution in [-0.2, 0) is 12.8 Å². The van der Waals surface area contributed by atoms with Crippen molar-refractivity contribution in [3.63, 3.8) is 0 Å². The van der Waals surface area contributed by atoms with Crippen molar-refractivity contribution in [2.75, 3.05) is 13.6 Å². The standard InChI is InChI=1S/C14H19N3S/c1-3-11-7-4-5-8-12(11)14-17-16-13(18-14)9-6-10-15-2/h4-5,7-8,15H,3,6,9-10H2,1-2H3. The average molecular weight is 261 g/mol. The third kappa shape index (κ3) is 3.15. The molecule has 1 heterocycles. The lowest BCUT2D eigenvalue weighted by Crippen LogP contribution is -2.08. The molecule has 0 aliphatic carbocycles. The number of aryl methyl sites for hydroxylation is 2. The summed E-state index contributed by atoms with van der Waals surface area (Å²) in [5, 5.41) is 13.9. The molecule has 0 atom stereocenters. The third-order valence-corrected chi connectivity index (χ3v) is 3.93. The van der Waals surface area contributed by atoms with Crippen LogP contribution in [0.1, 0.15) is 23.9 Å². The van der Waals surface area contributed by atoms with Gasteiger partial charge in [0.05, 0.1) is 0 Å². The number of nitrogens with one attached hydrogen (secondary N) is 1. The summed E-state index contributed by atoms with van der Waals surface area (Å²) < 4.78 is 0. The molecule has 0 bridgehead atoms. The smallest absolute Gasteiger partial charge is 0.148 e. The molecule has 1 aromatic carbocycles. The van der Waals surface area contributed by atoms with Gasteiger partial charge in [0.25, 0.3) is 0 Å². The molecule has 1 aromatic heterocycles. The Bertz CT molecular complexity index is 493. The monoisotopic (exact) mass is 261 g/mol. The first-order valence-electron chi connectivity index (χ1n) is 6.40. The fourth-order valence-corrected chi connectivity index (χ4v) is 2.86. The van der Waals surface area contributed by atoms with Crippen LogP contribution in [-0.4, -0.2) is 23.8 Å². The van der Waals surface area contributed by atoms with Crippen molar-refractivity contribution >= 4 is 11.3 Å². The first-order valence-corrected chi connectivity index (χ1v) is 7.22. The van der Waals surface area contributed by atoms with Crippen LogP contribution >= 0.6 is 11.3 Å². The zero-order valence-electron chi connectivity index (χ0n) is 10.9. The minimum atomic E-state index is 1.01. The highest BCUT2D eigenvalue weighted by atomic mass is 32.1. The molecule has 0 saturated carbocycles. The summed E-state index contributed by atoms with van der Waals surface area (Å²) in [7, 11) is 1.98. The molecule has 3 nitrogen and oxygen atoms in total. The van der Waals surface area contributed by atoms with Crippen LogP contribution in [0.5, 0.6) is 0 Å². The quantitative estimate of drug-likeness (QED) is 0.812. The van der Waals surface area contributed by atoms with Gasteiger partial charge in [-0.3, -0.25) is 0 Å². The fraction of sp³-hybridized carbons (Fsp3) is 0.429. The molecule has 96 valence electrons. The van der Waals surface area contributed by atoms with Gasteiger partial charge in [0, 0.05) is 12.0 Å². The molecule has 1 N–H and O–H groups in total. The molecule has 18 heavy (non-hydrogen) atoms. The second-order valence-corrected chi connectivity index (χ2v) is 5.28. The van der Waals surface area contributed by atoms with E-state index in [-0.39, 0.29) is 0 Å². The maximum absolute atomic E-state index is 4.32. The Morgan fingerprint density at radius 2 is 2.06 bits per heavy atom. The van der Waals surface area contributed by atoms with Gasteiger partial charge in [-0.25, -0.2) is 0 Å². The molecule has 0 radical (unpaired) electrons. The summed E-state index contributed by atoms with van der Waals surface area (Å²) in [5.74, 6) is 0. The maximum atomic E-state index is 4.32. The number of rotatable bonds is 6. The van der Waals surface area contributed by atoms with E-state index in [9.17, 15) is 0 Å². The lowest BCUT2D eigenvalue weighted by atomic mass is 10.1. The lowest BCUT2D eigenvalue weighted by Gasteiger charge is -2.02. The lowest BCUT2D eigenvalue weighted by molar-refractivity contribution is 0.718. The summed E-state index contributed by atoms with van der Waals surface area (Å²) >= 11 is 1.72. The Hall–Kier alpha value is -1.26. The van der Waals surface area contributed by atoms with E-state index in [0.29, 0.717) is 0 Å². The maximum Gasteiger partial charge on any atom is 0.148 e. The van der Waals surface area contributed by atoms with Crippen LogP contribution in [0, 0.1) is 0 Å². The van der Waals surface area contributed by atoms with Crippen LogP contribution in [0.2, 0.25) is 0 Å². The van der Waals surface area contributed by atoms with Crippen LogP contribution < -0.4 is 5.32 Å². The van der Waals surface area contributed by atoms with Crippen molar-refractivity contribution in [2.24, 2.45) is 0 Å². The normalized spacial score (nSPS) is 10.8. The molecule has 0 aliphatic heterocycles. The second kappa shape index (κ2) is 6.61. The molecule has 0 amide bonds. The largest absolute Gasteiger partial charge is 0.320 e. The summed E-state index contributed by atoms with van der Waals surface area (Å²) in [6.45, 7) is 3.20. The minimum absolute atomic E-state index is 1.01. The Morgan fingerprint density at radius 3 is 2.83 bits per heavy atom. The Balaban J connectivity index is 2.13. The number of aromatic nitrogens is 2. The van der Waals surface area contributed by atoms with Crippen molar-refractivity contribution in [3.8, 4) is 10.6 Å². The van der Waals surface area contributed by atoms with Crippen LogP contribution in [0.3, 0.4) is 0 Å². The Morgan fingerprint density at radius 1 is 1.22 bits per heavy atom. The number of hydrogen-bond acceptors (Lipinski definition) is 4. The van der Waals surface area contributed by atoms with E-state index in [2.05, 4.69) is 46.7 Å². The van der Waals surface area contributed by atoms with Gasteiger partial charge in [-0.1, -0.05) is 42.5 Å². The molecule has 4 heteroatoms. The highest BCUT2D eigenvalue weighted by Crippen LogP contribution is 2.27. The molecule has 0 saturated heterocycles. The van der Waals surface area contributed by atoms with Gasteiger partial charge in [0.2, 0.25) is 0 Å². The van der Waals surface area contributed by atoms with E-state index in [1.165, 1.54) is 11.1 Å². The zero-order valence-corrected chi connectivity index (χ0v) is 11.8. The van der Waals surface area contributed by atoms with Crippen molar-refractivity contribution < 1.29 is 0 Å². The topological polar surface area (TPSA) is 37.8 Å². The Labute approximate surface area is 112 Å². The Kier molecular flexibility index (Phi) is 4.84. The highest BCUT2D eigenvalue weighted by Gasteiger charge is 2.09. The number of benzene rings is 1. The predicted molar refractivity (Wildman–Crippen MR) is 77.0 cm³/mol. The molecule has 0 aliphatic rings. The van der Waals surface area contributed by atoms with Crippen LogP contribution in [0.15, 0.2) is 24.3 Å². The fourth-order valence-electron chi connectivity index (χ4n) is 1.92. The van der Waals surface area contributed by atoms with E-state index in [4.69, 9.17) is 0 Å². The van der Waals surface area contributed by atoms with Gasteiger partial charge in [-0.15, -0.1) is 10.2 Å². The van der Waals surface area contributed by atoms with Crippen LogP contribution in [0.25, 0.3) is 10.6 Å². The average Bonchev–Trinajstić information content (AvgIpc) is 2.88. The summed E-state index contributed by atoms with van der Waals surface area (Å²) in [6, 6.07) is 8.45. The van der Waals surface area contributed by atoms with E-state index in [0.717, 1.165) is 35.8 Å². The molecule has 2 aromatic rings. The molecule has 0 spiro atoms. The third-order valence-electron chi connectivity index (χ3n) is 2.91. The van der Waals surface area contributed by atoms with Crippen molar-refractivity contribution in [3.05, 3.63) is 34.8 Å². The zero-order chi connectivity index (χ0) is 12.8. The first-order chi connectivity index (χ1) is 8.85. The first kappa shape index (κ1) is 13.2. The van der Waals surface area contributed by atoms with E-state index in [1.807, 2.05) is 7.05 Å². The number of hydrogen-bond donors (Lipinski definition) is 1. The van der Waals surface area contributed by atoms with Gasteiger partial charge >= 0.3 is 0 Å². The summed E-state index contributed by atoms with van der Waals surface area (Å²) in [6.07, 6.45) is 3.15. The van der Waals surface area contributed by atoms with Gasteiger partial charge in [-0.05, 0) is 32.0 Å². The van der Waals surface area contributed by atoms with Crippen molar-refractivity contribution in [1.82, 2.24) is 15.5 Å². The summed E-state index contributed by atoms with van der Waals surface area (Å²) in [5.41, 5.74) is 2.58. The predicted octanol–water partition coefficient (Wildman–Crippen LogP) is 2.92. The summed E-state index contributed by atoms with van der Waals surface area (Å²) in [4.78, 5) is 0.